The van der Waals surface area contributed by atoms with E-state index in [-0.39, 0.29) is 23.8 Å². The van der Waals surface area contributed by atoms with Crippen molar-refractivity contribution in [3.63, 3.8) is 0 Å². The largest absolute Gasteiger partial charge is 0.476 e. The minimum atomic E-state index is -0.952. The maximum absolute atomic E-state index is 11.2. The van der Waals surface area contributed by atoms with Crippen LogP contribution in [0.5, 0.6) is 0 Å². The minimum absolute atomic E-state index is 0.0823. The van der Waals surface area contributed by atoms with E-state index in [0.717, 1.165) is 22.7 Å². The maximum atomic E-state index is 11.2. The lowest BCUT2D eigenvalue weighted by atomic mass is 10.1. The fraction of sp³-hybridized carbons (Fsp3) is 0.667. The molecule has 2 unspecified atom stereocenters. The van der Waals surface area contributed by atoms with Crippen molar-refractivity contribution >= 4 is 17.3 Å². The number of hydrogen-bond acceptors (Lipinski definition) is 4. The number of carboxylic acid groups (broad SMARTS) is 1. The second-order valence-corrected chi connectivity index (χ2v) is 5.80. The summed E-state index contributed by atoms with van der Waals surface area (Å²) in [6, 6.07) is 0. The van der Waals surface area contributed by atoms with Gasteiger partial charge < -0.3 is 9.84 Å². The Morgan fingerprint density at radius 3 is 2.71 bits per heavy atom. The smallest absolute Gasteiger partial charge is 0.355 e. The lowest BCUT2D eigenvalue weighted by Crippen LogP contribution is -2.06. The van der Waals surface area contributed by atoms with Crippen LogP contribution in [0.4, 0.5) is 0 Å². The molecule has 4 nitrogen and oxygen atoms in total. The van der Waals surface area contributed by atoms with E-state index in [0.29, 0.717) is 0 Å². The molecule has 2 rings (SSSR count). The van der Waals surface area contributed by atoms with Gasteiger partial charge in [0.2, 0.25) is 0 Å². The molecule has 2 atom stereocenters. The molecule has 0 aliphatic carbocycles. The predicted octanol–water partition coefficient (Wildman–Crippen LogP) is 3.20. The van der Waals surface area contributed by atoms with Gasteiger partial charge in [-0.15, -0.1) is 11.3 Å². The second-order valence-electron chi connectivity index (χ2n) is 4.74. The summed E-state index contributed by atoms with van der Waals surface area (Å²) >= 11 is 1.48. The van der Waals surface area contributed by atoms with Crippen LogP contribution in [0.25, 0.3) is 0 Å². The van der Waals surface area contributed by atoms with Gasteiger partial charge in [-0.3, -0.25) is 0 Å². The molecule has 17 heavy (non-hydrogen) atoms. The van der Waals surface area contributed by atoms with Gasteiger partial charge in [0.1, 0.15) is 0 Å². The van der Waals surface area contributed by atoms with E-state index in [1.807, 2.05) is 20.8 Å². The normalized spacial score (nSPS) is 24.5. The van der Waals surface area contributed by atoms with Crippen LogP contribution in [0.1, 0.15) is 66.0 Å². The average Bonchev–Trinajstić information content (AvgIpc) is 2.82. The second kappa shape index (κ2) is 4.74. The molecule has 1 aromatic heterocycles. The van der Waals surface area contributed by atoms with Crippen molar-refractivity contribution in [3.05, 3.63) is 15.6 Å². The highest BCUT2D eigenvalue weighted by Gasteiger charge is 2.30. The van der Waals surface area contributed by atoms with Crippen LogP contribution in [0.2, 0.25) is 0 Å². The van der Waals surface area contributed by atoms with E-state index in [1.165, 1.54) is 11.3 Å². The fourth-order valence-electron chi connectivity index (χ4n) is 1.96. The maximum Gasteiger partial charge on any atom is 0.355 e. The average molecular weight is 255 g/mol. The van der Waals surface area contributed by atoms with Gasteiger partial charge >= 0.3 is 5.97 Å². The van der Waals surface area contributed by atoms with Crippen LogP contribution in [0.3, 0.4) is 0 Å². The summed E-state index contributed by atoms with van der Waals surface area (Å²) in [5.41, 5.74) is 0.179. The Bertz CT molecular complexity index is 427. The fourth-order valence-corrected chi connectivity index (χ4v) is 3.10. The van der Waals surface area contributed by atoms with E-state index >= 15 is 0 Å². The van der Waals surface area contributed by atoms with Crippen LogP contribution < -0.4 is 0 Å². The van der Waals surface area contributed by atoms with E-state index in [9.17, 15) is 9.90 Å². The van der Waals surface area contributed by atoms with Gasteiger partial charge in [0.15, 0.2) is 5.69 Å². The first-order chi connectivity index (χ1) is 7.99. The lowest BCUT2D eigenvalue weighted by Gasteiger charge is -2.09. The highest BCUT2D eigenvalue weighted by molar-refractivity contribution is 7.12. The summed E-state index contributed by atoms with van der Waals surface area (Å²) in [6.07, 6.45) is 2.01. The Balaban J connectivity index is 2.34. The molecule has 1 aliphatic rings. The van der Waals surface area contributed by atoms with Gasteiger partial charge in [-0.1, -0.05) is 13.8 Å². The van der Waals surface area contributed by atoms with Gasteiger partial charge in [0, 0.05) is 5.92 Å². The van der Waals surface area contributed by atoms with E-state index < -0.39 is 5.97 Å². The summed E-state index contributed by atoms with van der Waals surface area (Å²) in [7, 11) is 0. The van der Waals surface area contributed by atoms with Crippen molar-refractivity contribution in [2.75, 3.05) is 0 Å². The number of carboxylic acids is 1. The molecule has 0 spiro atoms. The number of aromatic nitrogens is 1. The minimum Gasteiger partial charge on any atom is -0.476 e. The van der Waals surface area contributed by atoms with Gasteiger partial charge in [-0.2, -0.15) is 0 Å². The summed E-state index contributed by atoms with van der Waals surface area (Å²) in [5.74, 6) is -0.697. The third-order valence-corrected chi connectivity index (χ3v) is 4.34. The summed E-state index contributed by atoms with van der Waals surface area (Å²) in [5, 5.41) is 10.1. The molecule has 1 aliphatic heterocycles. The van der Waals surface area contributed by atoms with Gasteiger partial charge in [0.25, 0.3) is 0 Å². The van der Waals surface area contributed by atoms with Crippen molar-refractivity contribution in [2.24, 2.45) is 0 Å². The molecular weight excluding hydrogens is 238 g/mol. The van der Waals surface area contributed by atoms with E-state index in [2.05, 4.69) is 4.98 Å². The summed E-state index contributed by atoms with van der Waals surface area (Å²) in [4.78, 5) is 16.2. The monoisotopic (exact) mass is 255 g/mol. The Morgan fingerprint density at radius 2 is 2.24 bits per heavy atom. The highest BCUT2D eigenvalue weighted by Crippen LogP contribution is 2.38. The molecule has 1 N–H and O–H groups in total. The SMILES string of the molecule is CC1CCC(c2sc(C(C)C)nc2C(=O)O)O1. The zero-order valence-electron chi connectivity index (χ0n) is 10.3. The molecule has 94 valence electrons. The third-order valence-electron chi connectivity index (χ3n) is 2.89. The number of aromatic carboxylic acids is 1. The Labute approximate surface area is 105 Å². The number of rotatable bonds is 3. The van der Waals surface area contributed by atoms with E-state index in [1.54, 1.807) is 0 Å². The van der Waals surface area contributed by atoms with Gasteiger partial charge in [0.05, 0.1) is 22.1 Å². The molecule has 0 amide bonds. The van der Waals surface area contributed by atoms with Crippen molar-refractivity contribution in [3.8, 4) is 0 Å². The number of ether oxygens (including phenoxy) is 1. The number of hydrogen-bond donors (Lipinski definition) is 1. The predicted molar refractivity (Wildman–Crippen MR) is 65.7 cm³/mol. The Hall–Kier alpha value is -0.940. The zero-order valence-corrected chi connectivity index (χ0v) is 11.1. The third kappa shape index (κ3) is 2.50. The molecular formula is C12H17NO3S. The highest BCUT2D eigenvalue weighted by atomic mass is 32.1. The molecule has 1 fully saturated rings. The van der Waals surface area contributed by atoms with Crippen LogP contribution in [0.15, 0.2) is 0 Å². The molecule has 0 bridgehead atoms. The van der Waals surface area contributed by atoms with Gasteiger partial charge in [-0.05, 0) is 19.8 Å². The summed E-state index contributed by atoms with van der Waals surface area (Å²) in [6.45, 7) is 6.06. The quantitative estimate of drug-likeness (QED) is 0.901. The molecule has 1 aromatic rings. The zero-order chi connectivity index (χ0) is 12.6. The molecule has 1 saturated heterocycles. The number of carbonyl (C=O) groups is 1. The van der Waals surface area contributed by atoms with Crippen LogP contribution in [0, 0.1) is 0 Å². The van der Waals surface area contributed by atoms with Crippen molar-refractivity contribution in [1.82, 2.24) is 4.98 Å². The first-order valence-corrected chi connectivity index (χ1v) is 6.70. The number of thiazole rings is 1. The van der Waals surface area contributed by atoms with Crippen LogP contribution >= 0.6 is 11.3 Å². The van der Waals surface area contributed by atoms with Crippen LogP contribution in [-0.4, -0.2) is 22.2 Å². The van der Waals surface area contributed by atoms with Crippen molar-refractivity contribution in [2.45, 2.75) is 51.7 Å². The van der Waals surface area contributed by atoms with Crippen molar-refractivity contribution in [1.29, 1.82) is 0 Å². The molecule has 2 heterocycles. The Morgan fingerprint density at radius 1 is 1.53 bits per heavy atom. The van der Waals surface area contributed by atoms with Crippen LogP contribution in [-0.2, 0) is 4.74 Å². The topological polar surface area (TPSA) is 59.4 Å². The molecule has 0 aromatic carbocycles. The number of nitrogens with zero attached hydrogens (tertiary/aromatic N) is 1. The summed E-state index contributed by atoms with van der Waals surface area (Å²) < 4.78 is 5.74. The molecule has 0 saturated carbocycles. The lowest BCUT2D eigenvalue weighted by molar-refractivity contribution is 0.0539. The first-order valence-electron chi connectivity index (χ1n) is 5.88. The first kappa shape index (κ1) is 12.5. The molecule has 0 radical (unpaired) electrons. The van der Waals surface area contributed by atoms with Crippen molar-refractivity contribution < 1.29 is 14.6 Å². The van der Waals surface area contributed by atoms with Gasteiger partial charge in [-0.25, -0.2) is 9.78 Å². The molecule has 5 heteroatoms. The standard InChI is InChI=1S/C12H17NO3S/c1-6(2)11-13-9(12(14)15)10(17-11)8-5-4-7(3)16-8/h6-8H,4-5H2,1-3H3,(H,14,15). The van der Waals surface area contributed by atoms with E-state index in [4.69, 9.17) is 4.74 Å². The Kier molecular flexibility index (Phi) is 3.49.